The standard InChI is InChI=1S/C23H31NO5.ClH/c1-24(2)16-21(28-14-13-23(25)26)17-29-22-10-5-4-8-19(22)12-11-18-7-6-9-20(15-18)27-3;/h4-10,15,21H,11-14,16-17H2,1-3H3,(H,25,26);1H. The first-order valence-electron chi connectivity index (χ1n) is 9.79. The Kier molecular flexibility index (Phi) is 11.9. The second kappa shape index (κ2) is 13.9. The van der Waals surface area contributed by atoms with Gasteiger partial charge >= 0.3 is 5.97 Å². The van der Waals surface area contributed by atoms with Gasteiger partial charge in [-0.1, -0.05) is 30.3 Å². The summed E-state index contributed by atoms with van der Waals surface area (Å²) in [6.45, 7) is 1.20. The Bertz CT molecular complexity index is 769. The average Bonchev–Trinajstić information content (AvgIpc) is 2.70. The van der Waals surface area contributed by atoms with Crippen LogP contribution in [0.1, 0.15) is 17.5 Å². The van der Waals surface area contributed by atoms with E-state index in [0.717, 1.165) is 29.9 Å². The van der Waals surface area contributed by atoms with Gasteiger partial charge in [0, 0.05) is 6.54 Å². The molecule has 0 aromatic heterocycles. The molecule has 0 spiro atoms. The highest BCUT2D eigenvalue weighted by Gasteiger charge is 2.14. The molecule has 0 radical (unpaired) electrons. The summed E-state index contributed by atoms with van der Waals surface area (Å²) >= 11 is 0. The number of aliphatic carboxylic acids is 1. The van der Waals surface area contributed by atoms with Crippen LogP contribution in [0.25, 0.3) is 0 Å². The molecular weight excluding hydrogens is 406 g/mol. The van der Waals surface area contributed by atoms with Crippen molar-refractivity contribution in [1.82, 2.24) is 4.90 Å². The summed E-state index contributed by atoms with van der Waals surface area (Å²) in [5.74, 6) is 0.829. The van der Waals surface area contributed by atoms with Crippen LogP contribution in [-0.2, 0) is 22.4 Å². The van der Waals surface area contributed by atoms with Crippen LogP contribution in [0.4, 0.5) is 0 Å². The van der Waals surface area contributed by atoms with E-state index in [1.807, 2.05) is 55.4 Å². The van der Waals surface area contributed by atoms with Gasteiger partial charge in [0.05, 0.1) is 20.1 Å². The van der Waals surface area contributed by atoms with Crippen molar-refractivity contribution < 1.29 is 24.1 Å². The van der Waals surface area contributed by atoms with E-state index < -0.39 is 5.97 Å². The van der Waals surface area contributed by atoms with E-state index in [9.17, 15) is 4.79 Å². The van der Waals surface area contributed by atoms with Gasteiger partial charge in [-0.05, 0) is 56.3 Å². The first-order chi connectivity index (χ1) is 14.0. The van der Waals surface area contributed by atoms with Gasteiger partial charge in [-0.15, -0.1) is 12.4 Å². The van der Waals surface area contributed by atoms with Crippen LogP contribution in [0.15, 0.2) is 48.5 Å². The van der Waals surface area contributed by atoms with E-state index in [2.05, 4.69) is 12.1 Å². The largest absolute Gasteiger partial charge is 0.497 e. The Hall–Kier alpha value is -2.28. The molecule has 166 valence electrons. The summed E-state index contributed by atoms with van der Waals surface area (Å²) in [7, 11) is 5.58. The van der Waals surface area contributed by atoms with Crippen LogP contribution in [0.3, 0.4) is 0 Å². The number of carboxylic acid groups (broad SMARTS) is 1. The number of para-hydroxylation sites is 1. The van der Waals surface area contributed by atoms with Gasteiger partial charge in [0.1, 0.15) is 24.2 Å². The maximum absolute atomic E-state index is 10.7. The SMILES string of the molecule is COc1cccc(CCc2ccccc2OCC(CN(C)C)OCCC(=O)O)c1.Cl. The number of methoxy groups -OCH3 is 1. The van der Waals surface area contributed by atoms with Gasteiger partial charge < -0.3 is 24.2 Å². The number of rotatable bonds is 13. The van der Waals surface area contributed by atoms with Crippen molar-refractivity contribution in [2.45, 2.75) is 25.4 Å². The second-order valence-electron chi connectivity index (χ2n) is 7.17. The van der Waals surface area contributed by atoms with Crippen molar-refractivity contribution in [2.75, 3.05) is 41.0 Å². The van der Waals surface area contributed by atoms with Crippen LogP contribution < -0.4 is 9.47 Å². The number of likely N-dealkylation sites (N-methyl/N-ethyl adjacent to an activating group) is 1. The van der Waals surface area contributed by atoms with E-state index in [1.54, 1.807) is 7.11 Å². The highest BCUT2D eigenvalue weighted by atomic mass is 35.5. The number of aryl methyl sites for hydroxylation is 2. The van der Waals surface area contributed by atoms with E-state index in [-0.39, 0.29) is 31.5 Å². The maximum atomic E-state index is 10.7. The lowest BCUT2D eigenvalue weighted by Gasteiger charge is -2.22. The molecular formula is C23H32ClNO5. The summed E-state index contributed by atoms with van der Waals surface area (Å²) < 4.78 is 17.1. The van der Waals surface area contributed by atoms with Gasteiger partial charge in [0.25, 0.3) is 0 Å². The zero-order valence-electron chi connectivity index (χ0n) is 17.9. The predicted octanol–water partition coefficient (Wildman–Crippen LogP) is 3.70. The summed E-state index contributed by atoms with van der Waals surface area (Å²) in [5, 5.41) is 8.81. The molecule has 0 bridgehead atoms. The number of carbonyl (C=O) groups is 1. The number of nitrogens with zero attached hydrogens (tertiary/aromatic N) is 1. The minimum atomic E-state index is -0.864. The van der Waals surface area contributed by atoms with E-state index in [1.165, 1.54) is 5.56 Å². The number of halogens is 1. The molecule has 2 rings (SSSR count). The molecule has 1 unspecified atom stereocenters. The van der Waals surface area contributed by atoms with Gasteiger partial charge in [-0.2, -0.15) is 0 Å². The molecule has 1 N–H and O–H groups in total. The summed E-state index contributed by atoms with van der Waals surface area (Å²) in [6.07, 6.45) is 1.52. The number of carboxylic acids is 1. The highest BCUT2D eigenvalue weighted by molar-refractivity contribution is 5.85. The molecule has 30 heavy (non-hydrogen) atoms. The van der Waals surface area contributed by atoms with E-state index >= 15 is 0 Å². The Morgan fingerprint density at radius 1 is 1.10 bits per heavy atom. The monoisotopic (exact) mass is 437 g/mol. The molecule has 0 saturated carbocycles. The molecule has 7 heteroatoms. The average molecular weight is 438 g/mol. The van der Waals surface area contributed by atoms with Crippen molar-refractivity contribution >= 4 is 18.4 Å². The molecule has 0 fully saturated rings. The fourth-order valence-corrected chi connectivity index (χ4v) is 3.01. The van der Waals surface area contributed by atoms with Crippen molar-refractivity contribution in [3.05, 3.63) is 59.7 Å². The summed E-state index contributed by atoms with van der Waals surface area (Å²) in [6, 6.07) is 16.1. The van der Waals surface area contributed by atoms with Crippen LogP contribution >= 0.6 is 12.4 Å². The van der Waals surface area contributed by atoms with E-state index in [0.29, 0.717) is 13.2 Å². The third-order valence-electron chi connectivity index (χ3n) is 4.45. The first-order valence-corrected chi connectivity index (χ1v) is 9.79. The lowest BCUT2D eigenvalue weighted by Crippen LogP contribution is -2.34. The van der Waals surface area contributed by atoms with Crippen LogP contribution in [0.2, 0.25) is 0 Å². The number of hydrogen-bond acceptors (Lipinski definition) is 5. The van der Waals surface area contributed by atoms with Crippen LogP contribution in [-0.4, -0.2) is 63.0 Å². The molecule has 0 saturated heterocycles. The van der Waals surface area contributed by atoms with Gasteiger partial charge in [0.2, 0.25) is 0 Å². The van der Waals surface area contributed by atoms with Gasteiger partial charge in [0.15, 0.2) is 0 Å². The number of hydrogen-bond donors (Lipinski definition) is 1. The van der Waals surface area contributed by atoms with Crippen LogP contribution in [0.5, 0.6) is 11.5 Å². The zero-order chi connectivity index (χ0) is 21.1. The maximum Gasteiger partial charge on any atom is 0.305 e. The third kappa shape index (κ3) is 9.48. The minimum Gasteiger partial charge on any atom is -0.497 e. The quantitative estimate of drug-likeness (QED) is 0.515. The molecule has 6 nitrogen and oxygen atoms in total. The first kappa shape index (κ1) is 25.8. The Morgan fingerprint density at radius 3 is 2.57 bits per heavy atom. The number of ether oxygens (including phenoxy) is 3. The Morgan fingerprint density at radius 2 is 1.87 bits per heavy atom. The van der Waals surface area contributed by atoms with Crippen molar-refractivity contribution in [1.29, 1.82) is 0 Å². The topological polar surface area (TPSA) is 68.2 Å². The Labute approximate surface area is 185 Å². The lowest BCUT2D eigenvalue weighted by molar-refractivity contribution is -0.138. The fraction of sp³-hybridized carbons (Fsp3) is 0.435. The normalized spacial score (nSPS) is 11.6. The fourth-order valence-electron chi connectivity index (χ4n) is 3.01. The van der Waals surface area contributed by atoms with Gasteiger partial charge in [-0.25, -0.2) is 0 Å². The predicted molar refractivity (Wildman–Crippen MR) is 120 cm³/mol. The molecule has 0 heterocycles. The Balaban J connectivity index is 0.00000450. The highest BCUT2D eigenvalue weighted by Crippen LogP contribution is 2.22. The van der Waals surface area contributed by atoms with Crippen molar-refractivity contribution in [3.63, 3.8) is 0 Å². The molecule has 0 amide bonds. The van der Waals surface area contributed by atoms with Crippen molar-refractivity contribution in [3.8, 4) is 11.5 Å². The third-order valence-corrected chi connectivity index (χ3v) is 4.45. The summed E-state index contributed by atoms with van der Waals surface area (Å²) in [5.41, 5.74) is 2.34. The number of benzene rings is 2. The molecule has 0 aliphatic heterocycles. The lowest BCUT2D eigenvalue weighted by atomic mass is 10.0. The molecule has 2 aromatic rings. The molecule has 0 aliphatic rings. The molecule has 0 aliphatic carbocycles. The smallest absolute Gasteiger partial charge is 0.305 e. The zero-order valence-corrected chi connectivity index (χ0v) is 18.7. The van der Waals surface area contributed by atoms with Gasteiger partial charge in [-0.3, -0.25) is 4.79 Å². The van der Waals surface area contributed by atoms with Crippen molar-refractivity contribution in [2.24, 2.45) is 0 Å². The summed E-state index contributed by atoms with van der Waals surface area (Å²) in [4.78, 5) is 12.7. The van der Waals surface area contributed by atoms with E-state index in [4.69, 9.17) is 19.3 Å². The molecule has 1 atom stereocenters. The molecule has 2 aromatic carbocycles. The minimum absolute atomic E-state index is 0. The second-order valence-corrected chi connectivity index (χ2v) is 7.17. The van der Waals surface area contributed by atoms with Crippen LogP contribution in [0, 0.1) is 0 Å².